The van der Waals surface area contributed by atoms with Gasteiger partial charge in [-0.05, 0) is 57.4 Å². The zero-order chi connectivity index (χ0) is 22.0. The number of piperidine rings is 1. The summed E-state index contributed by atoms with van der Waals surface area (Å²) >= 11 is 1.70. The largest absolute Gasteiger partial charge is 0.356 e. The number of aryl methyl sites for hydroxylation is 2. The molecule has 4 rings (SSSR count). The first-order valence-corrected chi connectivity index (χ1v) is 11.4. The van der Waals surface area contributed by atoms with Crippen molar-refractivity contribution in [3.63, 3.8) is 0 Å². The van der Waals surface area contributed by atoms with Crippen LogP contribution in [0.1, 0.15) is 40.6 Å². The van der Waals surface area contributed by atoms with Crippen molar-refractivity contribution in [2.75, 3.05) is 29.9 Å². The zero-order valence-corrected chi connectivity index (χ0v) is 18.9. The maximum Gasteiger partial charge on any atom is 0.251 e. The van der Waals surface area contributed by atoms with Gasteiger partial charge in [0.25, 0.3) is 5.91 Å². The smallest absolute Gasteiger partial charge is 0.251 e. The van der Waals surface area contributed by atoms with Gasteiger partial charge in [0.2, 0.25) is 5.91 Å². The van der Waals surface area contributed by atoms with Gasteiger partial charge in [0.05, 0.1) is 5.39 Å². The van der Waals surface area contributed by atoms with E-state index in [1.54, 1.807) is 35.9 Å². The summed E-state index contributed by atoms with van der Waals surface area (Å²) in [5.74, 6) is 0.775. The fraction of sp³-hybridized carbons (Fsp3) is 0.391. The first-order chi connectivity index (χ1) is 15.0. The molecule has 0 aliphatic carbocycles. The SMILES string of the molecule is CCNC(=O)c1cccc(NC(=O)C2CCN(c3ncnc4sc(C)c(C)c34)CC2)c1. The van der Waals surface area contributed by atoms with Gasteiger partial charge in [-0.25, -0.2) is 9.97 Å². The molecule has 2 N–H and O–H groups in total. The molecule has 0 saturated carbocycles. The molecule has 2 amide bonds. The van der Waals surface area contributed by atoms with Gasteiger partial charge in [0.1, 0.15) is 17.0 Å². The lowest BCUT2D eigenvalue weighted by atomic mass is 9.95. The van der Waals surface area contributed by atoms with Crippen LogP contribution in [0.4, 0.5) is 11.5 Å². The minimum Gasteiger partial charge on any atom is -0.356 e. The van der Waals surface area contributed by atoms with E-state index in [-0.39, 0.29) is 17.7 Å². The lowest BCUT2D eigenvalue weighted by Gasteiger charge is -2.32. The number of hydrogen-bond acceptors (Lipinski definition) is 6. The molecule has 31 heavy (non-hydrogen) atoms. The Balaban J connectivity index is 1.41. The predicted octanol–water partition coefficient (Wildman–Crippen LogP) is 3.91. The average Bonchev–Trinajstić information content (AvgIpc) is 3.08. The Labute approximate surface area is 185 Å². The lowest BCUT2D eigenvalue weighted by Crippen LogP contribution is -2.38. The fourth-order valence-corrected chi connectivity index (χ4v) is 4.99. The minimum absolute atomic E-state index is 0.00286. The second-order valence-electron chi connectivity index (χ2n) is 7.85. The molecule has 0 unspecified atom stereocenters. The molecule has 0 atom stereocenters. The van der Waals surface area contributed by atoms with Gasteiger partial charge in [0, 0.05) is 41.7 Å². The van der Waals surface area contributed by atoms with Crippen molar-refractivity contribution < 1.29 is 9.59 Å². The highest BCUT2D eigenvalue weighted by Crippen LogP contribution is 2.35. The van der Waals surface area contributed by atoms with Gasteiger partial charge in [-0.1, -0.05) is 6.07 Å². The summed E-state index contributed by atoms with van der Waals surface area (Å²) < 4.78 is 0. The van der Waals surface area contributed by atoms with Crippen LogP contribution in [0.3, 0.4) is 0 Å². The van der Waals surface area contributed by atoms with Gasteiger partial charge in [0.15, 0.2) is 0 Å². The molecule has 3 heterocycles. The van der Waals surface area contributed by atoms with Crippen LogP contribution in [0.15, 0.2) is 30.6 Å². The third-order valence-electron chi connectivity index (χ3n) is 5.84. The molecule has 0 spiro atoms. The van der Waals surface area contributed by atoms with Crippen LogP contribution in [-0.4, -0.2) is 41.4 Å². The molecule has 0 radical (unpaired) electrons. The third-order valence-corrected chi connectivity index (χ3v) is 6.96. The monoisotopic (exact) mass is 437 g/mol. The number of hydrogen-bond donors (Lipinski definition) is 2. The molecular weight excluding hydrogens is 410 g/mol. The van der Waals surface area contributed by atoms with Gasteiger partial charge >= 0.3 is 0 Å². The van der Waals surface area contributed by atoms with Gasteiger partial charge < -0.3 is 15.5 Å². The normalized spacial score (nSPS) is 14.6. The first-order valence-electron chi connectivity index (χ1n) is 10.6. The molecular formula is C23H27N5O2S. The number of nitrogens with zero attached hydrogens (tertiary/aromatic N) is 3. The Kier molecular flexibility index (Phi) is 6.18. The molecule has 1 aliphatic rings. The Hall–Kier alpha value is -3.00. The van der Waals surface area contributed by atoms with Crippen LogP contribution in [0, 0.1) is 19.8 Å². The van der Waals surface area contributed by atoms with E-state index in [1.165, 1.54) is 10.4 Å². The quantitative estimate of drug-likeness (QED) is 0.632. The standard InChI is InChI=1S/C23H27N5O2S/c1-4-24-21(29)17-6-5-7-18(12-17)27-22(30)16-8-10-28(11-9-16)20-19-14(2)15(3)31-23(19)26-13-25-20/h5-7,12-13,16H,4,8-11H2,1-3H3,(H,24,29)(H,27,30). The molecule has 1 aliphatic heterocycles. The Morgan fingerprint density at radius 1 is 1.19 bits per heavy atom. The van der Waals surface area contributed by atoms with Crippen molar-refractivity contribution in [3.8, 4) is 0 Å². The Morgan fingerprint density at radius 2 is 1.97 bits per heavy atom. The third kappa shape index (κ3) is 4.39. The molecule has 1 saturated heterocycles. The molecule has 3 aromatic rings. The van der Waals surface area contributed by atoms with Crippen molar-refractivity contribution in [1.29, 1.82) is 0 Å². The summed E-state index contributed by atoms with van der Waals surface area (Å²) in [7, 11) is 0. The van der Waals surface area contributed by atoms with E-state index in [0.29, 0.717) is 17.8 Å². The van der Waals surface area contributed by atoms with E-state index in [9.17, 15) is 9.59 Å². The second kappa shape index (κ2) is 9.01. The second-order valence-corrected chi connectivity index (χ2v) is 9.05. The van der Waals surface area contributed by atoms with Crippen LogP contribution in [0.25, 0.3) is 10.2 Å². The van der Waals surface area contributed by atoms with Crippen molar-refractivity contribution in [2.24, 2.45) is 5.92 Å². The summed E-state index contributed by atoms with van der Waals surface area (Å²) in [5, 5.41) is 6.90. The number of thiophene rings is 1. The molecule has 2 aromatic heterocycles. The van der Waals surface area contributed by atoms with Gasteiger partial charge in [-0.2, -0.15) is 0 Å². The van der Waals surface area contributed by atoms with Crippen molar-refractivity contribution in [2.45, 2.75) is 33.6 Å². The number of rotatable bonds is 5. The maximum atomic E-state index is 12.8. The minimum atomic E-state index is -0.137. The van der Waals surface area contributed by atoms with E-state index in [0.717, 1.165) is 42.0 Å². The number of benzene rings is 1. The number of nitrogens with one attached hydrogen (secondary N) is 2. The van der Waals surface area contributed by atoms with Crippen molar-refractivity contribution >= 4 is 44.9 Å². The molecule has 1 fully saturated rings. The average molecular weight is 438 g/mol. The van der Waals surface area contributed by atoms with E-state index < -0.39 is 0 Å². The highest BCUT2D eigenvalue weighted by molar-refractivity contribution is 7.18. The van der Waals surface area contributed by atoms with Crippen LogP contribution >= 0.6 is 11.3 Å². The Morgan fingerprint density at radius 3 is 2.71 bits per heavy atom. The van der Waals surface area contributed by atoms with Gasteiger partial charge in [-0.3, -0.25) is 9.59 Å². The van der Waals surface area contributed by atoms with Gasteiger partial charge in [-0.15, -0.1) is 11.3 Å². The first kappa shape index (κ1) is 21.2. The van der Waals surface area contributed by atoms with E-state index in [2.05, 4.69) is 39.3 Å². The number of carbonyl (C=O) groups is 2. The van der Waals surface area contributed by atoms with Crippen LogP contribution in [0.5, 0.6) is 0 Å². The lowest BCUT2D eigenvalue weighted by molar-refractivity contribution is -0.120. The number of aromatic nitrogens is 2. The Bertz CT molecular complexity index is 1120. The summed E-state index contributed by atoms with van der Waals surface area (Å²) in [5.41, 5.74) is 2.43. The molecule has 1 aromatic carbocycles. The number of amides is 2. The summed E-state index contributed by atoms with van der Waals surface area (Å²) in [6, 6.07) is 7.07. The highest BCUT2D eigenvalue weighted by Gasteiger charge is 2.27. The summed E-state index contributed by atoms with van der Waals surface area (Å²) in [6.07, 6.45) is 3.15. The fourth-order valence-electron chi connectivity index (χ4n) is 4.00. The maximum absolute atomic E-state index is 12.8. The van der Waals surface area contributed by atoms with Crippen molar-refractivity contribution in [1.82, 2.24) is 15.3 Å². The number of carbonyl (C=O) groups excluding carboxylic acids is 2. The topological polar surface area (TPSA) is 87.2 Å². The van der Waals surface area contributed by atoms with E-state index >= 15 is 0 Å². The highest BCUT2D eigenvalue weighted by atomic mass is 32.1. The van der Waals surface area contributed by atoms with Crippen molar-refractivity contribution in [3.05, 3.63) is 46.6 Å². The molecule has 7 nitrogen and oxygen atoms in total. The summed E-state index contributed by atoms with van der Waals surface area (Å²) in [4.78, 5) is 38.4. The van der Waals surface area contributed by atoms with Crippen LogP contribution < -0.4 is 15.5 Å². The molecule has 0 bridgehead atoms. The van der Waals surface area contributed by atoms with E-state index in [1.807, 2.05) is 13.0 Å². The van der Waals surface area contributed by atoms with E-state index in [4.69, 9.17) is 0 Å². The molecule has 162 valence electrons. The summed E-state index contributed by atoms with van der Waals surface area (Å²) in [6.45, 7) is 8.23. The number of anilines is 2. The number of fused-ring (bicyclic) bond motifs is 1. The predicted molar refractivity (Wildman–Crippen MR) is 125 cm³/mol. The molecule has 8 heteroatoms. The zero-order valence-electron chi connectivity index (χ0n) is 18.1. The van der Waals surface area contributed by atoms with Crippen LogP contribution in [0.2, 0.25) is 0 Å². The van der Waals surface area contributed by atoms with Crippen LogP contribution in [-0.2, 0) is 4.79 Å².